The first-order valence-electron chi connectivity index (χ1n) is 7.50. The third-order valence-corrected chi connectivity index (χ3v) is 1.91. The maximum atomic E-state index is 8.42. The maximum Gasteiger partial charge on any atom is 0.0843 e. The molecule has 0 saturated carbocycles. The number of likely N-dealkylation sites (tertiary alicyclic amines) is 1. The lowest BCUT2D eigenvalue weighted by molar-refractivity contribution is 0.317. The fraction of sp³-hybridized carbons (Fsp3) is 0.500. The average Bonchev–Trinajstić information content (AvgIpc) is 2.69. The van der Waals surface area contributed by atoms with Crippen LogP contribution >= 0.6 is 0 Å². The molecule has 2 rings (SSSR count). The molecule has 1 aliphatic heterocycles. The fourth-order valence-corrected chi connectivity index (χ4v) is 1.33. The Balaban J connectivity index is 2.61. The van der Waals surface area contributed by atoms with Crippen molar-refractivity contribution in [3.05, 3.63) is 30.0 Å². The Morgan fingerprint density at radius 2 is 2.92 bits per heavy atom. The van der Waals surface area contributed by atoms with E-state index >= 15 is 0 Å². The summed E-state index contributed by atoms with van der Waals surface area (Å²) < 4.78 is 53.9. The van der Waals surface area contributed by atoms with E-state index in [0.29, 0.717) is 13.0 Å². The van der Waals surface area contributed by atoms with Crippen molar-refractivity contribution in [1.82, 2.24) is 9.88 Å². The smallest absolute Gasteiger partial charge is 0.0843 e. The van der Waals surface area contributed by atoms with Crippen molar-refractivity contribution in [3.63, 3.8) is 0 Å². The number of hydrogen-bond acceptors (Lipinski definition) is 2. The lowest BCUT2D eigenvalue weighted by Gasteiger charge is -2.18. The van der Waals surface area contributed by atoms with Crippen LogP contribution in [0.4, 0.5) is 0 Å². The highest BCUT2D eigenvalue weighted by molar-refractivity contribution is 5.14. The summed E-state index contributed by atoms with van der Waals surface area (Å²) in [7, 11) is 0. The second kappa shape index (κ2) is 3.23. The summed E-state index contributed by atoms with van der Waals surface area (Å²) in [6.07, 6.45) is 0.0399. The van der Waals surface area contributed by atoms with E-state index in [2.05, 4.69) is 4.98 Å². The molecule has 12 heavy (non-hydrogen) atoms. The van der Waals surface area contributed by atoms with E-state index in [-0.39, 0.29) is 24.2 Å². The van der Waals surface area contributed by atoms with Gasteiger partial charge in [-0.1, -0.05) is 6.04 Å². The van der Waals surface area contributed by atoms with E-state index in [0.717, 1.165) is 0 Å². The van der Waals surface area contributed by atoms with Gasteiger partial charge in [0.15, 0.2) is 0 Å². The Morgan fingerprint density at radius 1 is 1.92 bits per heavy atom. The molecule has 2 heteroatoms. The van der Waals surface area contributed by atoms with Gasteiger partial charge in [-0.05, 0) is 38.0 Å². The van der Waals surface area contributed by atoms with Crippen LogP contribution in [0.1, 0.15) is 34.0 Å². The first-order chi connectivity index (χ1) is 8.79. The molecular weight excluding hydrogens is 148 g/mol. The van der Waals surface area contributed by atoms with Crippen molar-refractivity contribution in [3.8, 4) is 0 Å². The monoisotopic (exact) mass is 169 g/mol. The molecule has 64 valence electrons. The molecule has 0 radical (unpaired) electrons. The van der Waals surface area contributed by atoms with Crippen LogP contribution in [-0.4, -0.2) is 23.4 Å². The zero-order chi connectivity index (χ0) is 14.4. The van der Waals surface area contributed by atoms with Crippen LogP contribution in [0.15, 0.2) is 24.4 Å². The van der Waals surface area contributed by atoms with E-state index in [9.17, 15) is 0 Å². The second-order valence-corrected chi connectivity index (χ2v) is 2.70. The molecule has 0 aliphatic carbocycles. The van der Waals surface area contributed by atoms with Gasteiger partial charge in [-0.3, -0.25) is 9.88 Å². The highest BCUT2D eigenvalue weighted by Gasteiger charge is 2.21. The summed E-state index contributed by atoms with van der Waals surface area (Å²) in [5.41, 5.74) is -0.0736. The van der Waals surface area contributed by atoms with Gasteiger partial charge in [0.1, 0.15) is 0 Å². The minimum absolute atomic E-state index is 0.0736. The van der Waals surface area contributed by atoms with Crippen LogP contribution in [0, 0.1) is 0 Å². The molecule has 1 atom stereocenters. The standard InChI is InChI=1S/C10H14N2/c1-12-7-3-5-10(12)9-4-2-6-11-8-9/h2,4,6,8,10H,3,5,7H2,1H3/i1D2,2D,4D,6D,8D,10D. The molecule has 0 amide bonds. The van der Waals surface area contributed by atoms with E-state index in [1.54, 1.807) is 0 Å². The molecule has 1 aromatic heterocycles. The third kappa shape index (κ3) is 1.34. The van der Waals surface area contributed by atoms with E-state index in [1.807, 2.05) is 0 Å². The van der Waals surface area contributed by atoms with Crippen molar-refractivity contribution in [2.45, 2.75) is 18.9 Å². The fourth-order valence-electron chi connectivity index (χ4n) is 1.33. The van der Waals surface area contributed by atoms with Crippen LogP contribution < -0.4 is 0 Å². The zero-order valence-corrected chi connectivity index (χ0v) is 6.59. The van der Waals surface area contributed by atoms with Crippen LogP contribution in [0.5, 0.6) is 0 Å². The molecule has 2 heterocycles. The number of nitrogens with zero attached hydrogens (tertiary/aromatic N) is 2. The largest absolute Gasteiger partial charge is 0.299 e. The van der Waals surface area contributed by atoms with Crippen LogP contribution in [0.3, 0.4) is 0 Å². The van der Waals surface area contributed by atoms with Crippen molar-refractivity contribution in [2.75, 3.05) is 13.5 Å². The molecule has 1 saturated heterocycles. The lowest BCUT2D eigenvalue weighted by Crippen LogP contribution is -2.17. The topological polar surface area (TPSA) is 16.1 Å². The molecule has 0 spiro atoms. The highest BCUT2D eigenvalue weighted by atomic mass is 15.1. The molecular formula is C10H14N2. The number of rotatable bonds is 1. The van der Waals surface area contributed by atoms with Gasteiger partial charge >= 0.3 is 0 Å². The van der Waals surface area contributed by atoms with Gasteiger partial charge in [-0.2, -0.15) is 0 Å². The number of pyridine rings is 1. The number of aromatic nitrogens is 1. The Morgan fingerprint density at radius 3 is 3.83 bits per heavy atom. The van der Waals surface area contributed by atoms with Gasteiger partial charge in [0, 0.05) is 21.1 Å². The minimum Gasteiger partial charge on any atom is -0.299 e. The molecule has 1 fully saturated rings. The Bertz CT molecular complexity index is 507. The highest BCUT2D eigenvalue weighted by Crippen LogP contribution is 2.29. The van der Waals surface area contributed by atoms with Crippen molar-refractivity contribution in [2.24, 2.45) is 0 Å². The number of hydrogen-bond donors (Lipinski definition) is 0. The van der Waals surface area contributed by atoms with Crippen LogP contribution in [0.2, 0.25) is 0 Å². The van der Waals surface area contributed by atoms with E-state index < -0.39 is 25.2 Å². The zero-order valence-electron chi connectivity index (χ0n) is 13.6. The molecule has 2 nitrogen and oxygen atoms in total. The third-order valence-electron chi connectivity index (χ3n) is 1.91. The normalized spacial score (nSPS) is 39.2. The van der Waals surface area contributed by atoms with Gasteiger partial charge in [-0.15, -0.1) is 0 Å². The predicted octanol–water partition coefficient (Wildman–Crippen LogP) is 1.85. The van der Waals surface area contributed by atoms with Gasteiger partial charge in [0.2, 0.25) is 0 Å². The summed E-state index contributed by atoms with van der Waals surface area (Å²) in [6, 6.07) is -2.33. The summed E-state index contributed by atoms with van der Waals surface area (Å²) in [5, 5.41) is 0. The van der Waals surface area contributed by atoms with Crippen LogP contribution in [-0.2, 0) is 0 Å². The molecule has 0 bridgehead atoms. The molecule has 1 unspecified atom stereocenters. The van der Waals surface area contributed by atoms with Crippen molar-refractivity contribution in [1.29, 1.82) is 0 Å². The summed E-state index contributed by atoms with van der Waals surface area (Å²) >= 11 is 0. The molecule has 1 aliphatic rings. The van der Waals surface area contributed by atoms with Gasteiger partial charge < -0.3 is 0 Å². The summed E-state index contributed by atoms with van der Waals surface area (Å²) in [5.74, 6) is 0. The Labute approximate surface area is 83.1 Å². The second-order valence-electron chi connectivity index (χ2n) is 2.70. The quantitative estimate of drug-likeness (QED) is 0.638. The first kappa shape index (κ1) is 3.11. The first-order valence-corrected chi connectivity index (χ1v) is 3.85. The van der Waals surface area contributed by atoms with Crippen molar-refractivity contribution >= 4 is 0 Å². The van der Waals surface area contributed by atoms with E-state index in [1.165, 1.54) is 4.90 Å². The SMILES string of the molecule is [2H]c1nc([2H])c(C2([2H])CCCN2C([2H])[2H])c([2H])c1[2H]. The summed E-state index contributed by atoms with van der Waals surface area (Å²) in [4.78, 5) is 4.84. The van der Waals surface area contributed by atoms with Crippen molar-refractivity contribution < 1.29 is 9.60 Å². The maximum absolute atomic E-state index is 8.42. The lowest BCUT2D eigenvalue weighted by atomic mass is 10.1. The predicted molar refractivity (Wildman–Crippen MR) is 48.8 cm³/mol. The average molecular weight is 169 g/mol. The van der Waals surface area contributed by atoms with Gasteiger partial charge in [-0.25, -0.2) is 0 Å². The molecule has 0 aromatic carbocycles. The van der Waals surface area contributed by atoms with Gasteiger partial charge in [0.25, 0.3) is 0 Å². The van der Waals surface area contributed by atoms with Crippen LogP contribution in [0.25, 0.3) is 0 Å². The minimum atomic E-state index is -1.54. The van der Waals surface area contributed by atoms with Gasteiger partial charge in [0.05, 0.1) is 6.85 Å². The Hall–Kier alpha value is -0.890. The Kier molecular flexibility index (Phi) is 0.838. The van der Waals surface area contributed by atoms with E-state index in [4.69, 9.17) is 9.60 Å². The molecule has 0 N–H and O–H groups in total. The molecule has 1 aromatic rings. The summed E-state index contributed by atoms with van der Waals surface area (Å²) in [6.45, 7) is -1.00.